The summed E-state index contributed by atoms with van der Waals surface area (Å²) >= 11 is 7.37. The van der Waals surface area contributed by atoms with Crippen molar-refractivity contribution in [2.75, 3.05) is 5.32 Å². The number of benzene rings is 2. The van der Waals surface area contributed by atoms with E-state index in [4.69, 9.17) is 16.0 Å². The molecule has 0 bridgehead atoms. The van der Waals surface area contributed by atoms with Crippen LogP contribution in [0.4, 0.5) is 16.8 Å². The molecule has 1 N–H and O–H groups in total. The monoisotopic (exact) mass is 403 g/mol. The largest absolute Gasteiger partial charge is 0.403 e. The van der Waals surface area contributed by atoms with E-state index in [0.29, 0.717) is 15.7 Å². The highest BCUT2D eigenvalue weighted by Gasteiger charge is 2.13. The van der Waals surface area contributed by atoms with Crippen molar-refractivity contribution in [1.29, 1.82) is 0 Å². The number of halogens is 1. The standard InChI is InChI=1S/C15H8ClN5O3S.C2H6/c16-9-3-6-11-12(7-9)25-15(17-11)18-14-20-19-13(24-14)8-1-4-10(5-2-8)21(22)23;1-2/h1-7H,(H,17,18,20);1-2H3. The maximum absolute atomic E-state index is 10.7. The van der Waals surface area contributed by atoms with Crippen LogP contribution in [0.3, 0.4) is 0 Å². The summed E-state index contributed by atoms with van der Waals surface area (Å²) in [5.74, 6) is 0.251. The predicted octanol–water partition coefficient (Wildman–Crippen LogP) is 5.68. The molecular formula is C17H14ClN5O3S. The lowest BCUT2D eigenvalue weighted by Crippen LogP contribution is -1.88. The van der Waals surface area contributed by atoms with Gasteiger partial charge in [0.15, 0.2) is 5.13 Å². The molecule has 0 aliphatic carbocycles. The lowest BCUT2D eigenvalue weighted by atomic mass is 10.2. The number of hydrogen-bond donors (Lipinski definition) is 1. The summed E-state index contributed by atoms with van der Waals surface area (Å²) in [4.78, 5) is 14.6. The Morgan fingerprint density at radius 2 is 1.89 bits per heavy atom. The highest BCUT2D eigenvalue weighted by atomic mass is 35.5. The van der Waals surface area contributed by atoms with E-state index in [9.17, 15) is 10.1 Å². The van der Waals surface area contributed by atoms with E-state index in [1.165, 1.54) is 23.5 Å². The molecule has 4 rings (SSSR count). The van der Waals surface area contributed by atoms with Gasteiger partial charge in [0.05, 0.1) is 15.1 Å². The van der Waals surface area contributed by atoms with Gasteiger partial charge < -0.3 is 4.42 Å². The Hall–Kier alpha value is -3.04. The Kier molecular flexibility index (Phi) is 5.63. The first-order valence-corrected chi connectivity index (χ1v) is 9.19. The summed E-state index contributed by atoms with van der Waals surface area (Å²) < 4.78 is 6.47. The second-order valence-corrected chi connectivity index (χ2v) is 6.44. The van der Waals surface area contributed by atoms with Crippen molar-refractivity contribution >= 4 is 50.0 Å². The quantitative estimate of drug-likeness (QED) is 0.345. The van der Waals surface area contributed by atoms with Crippen LogP contribution in [-0.4, -0.2) is 20.1 Å². The van der Waals surface area contributed by atoms with Gasteiger partial charge >= 0.3 is 6.01 Å². The van der Waals surface area contributed by atoms with Gasteiger partial charge in [-0.2, -0.15) is 0 Å². The van der Waals surface area contributed by atoms with Gasteiger partial charge in [0.1, 0.15) is 0 Å². The Labute approximate surface area is 163 Å². The zero-order chi connectivity index (χ0) is 19.4. The van der Waals surface area contributed by atoms with Crippen LogP contribution >= 0.6 is 22.9 Å². The van der Waals surface area contributed by atoms with Crippen molar-refractivity contribution < 1.29 is 9.34 Å². The first-order chi connectivity index (χ1) is 13.1. The Balaban J connectivity index is 0.00000102. The number of nitrogens with zero attached hydrogens (tertiary/aromatic N) is 4. The number of fused-ring (bicyclic) bond motifs is 1. The summed E-state index contributed by atoms with van der Waals surface area (Å²) in [6, 6.07) is 11.5. The number of aromatic nitrogens is 3. The minimum atomic E-state index is -0.468. The Morgan fingerprint density at radius 3 is 2.59 bits per heavy atom. The van der Waals surface area contributed by atoms with E-state index >= 15 is 0 Å². The summed E-state index contributed by atoms with van der Waals surface area (Å²) in [5, 5.41) is 22.7. The van der Waals surface area contributed by atoms with Gasteiger partial charge in [-0.25, -0.2) is 4.98 Å². The number of nitrogens with one attached hydrogen (secondary N) is 1. The molecule has 0 aliphatic rings. The minimum absolute atomic E-state index is 0.00486. The summed E-state index contributed by atoms with van der Waals surface area (Å²) in [5.41, 5.74) is 1.39. The highest BCUT2D eigenvalue weighted by molar-refractivity contribution is 7.22. The molecule has 0 saturated carbocycles. The van der Waals surface area contributed by atoms with E-state index < -0.39 is 4.92 Å². The van der Waals surface area contributed by atoms with Crippen LogP contribution in [0.2, 0.25) is 5.02 Å². The van der Waals surface area contributed by atoms with Crippen molar-refractivity contribution in [3.8, 4) is 11.5 Å². The molecule has 0 atom stereocenters. The fourth-order valence-electron chi connectivity index (χ4n) is 2.16. The van der Waals surface area contributed by atoms with E-state index in [2.05, 4.69) is 20.5 Å². The topological polar surface area (TPSA) is 107 Å². The summed E-state index contributed by atoms with van der Waals surface area (Å²) in [6.07, 6.45) is 0. The smallest absolute Gasteiger partial charge is 0.322 e. The van der Waals surface area contributed by atoms with Crippen molar-refractivity contribution in [2.45, 2.75) is 13.8 Å². The molecule has 0 unspecified atom stereocenters. The molecule has 4 aromatic rings. The Bertz CT molecular complexity index is 1080. The average Bonchev–Trinajstić information content (AvgIpc) is 3.30. The molecule has 10 heteroatoms. The molecule has 8 nitrogen and oxygen atoms in total. The number of thiazole rings is 1. The van der Waals surface area contributed by atoms with Crippen molar-refractivity contribution in [1.82, 2.24) is 15.2 Å². The number of hydrogen-bond acceptors (Lipinski definition) is 8. The molecule has 138 valence electrons. The maximum atomic E-state index is 10.7. The minimum Gasteiger partial charge on any atom is -0.403 e. The molecule has 0 spiro atoms. The second kappa shape index (κ2) is 8.11. The fourth-order valence-corrected chi connectivity index (χ4v) is 3.29. The van der Waals surface area contributed by atoms with Crippen LogP contribution in [0.25, 0.3) is 21.7 Å². The third kappa shape index (κ3) is 4.21. The van der Waals surface area contributed by atoms with E-state index in [1.54, 1.807) is 18.2 Å². The van der Waals surface area contributed by atoms with Crippen LogP contribution < -0.4 is 5.32 Å². The Morgan fingerprint density at radius 1 is 1.15 bits per heavy atom. The zero-order valence-corrected chi connectivity index (χ0v) is 15.9. The number of anilines is 2. The third-order valence-electron chi connectivity index (χ3n) is 3.31. The van der Waals surface area contributed by atoms with Crippen LogP contribution in [0.1, 0.15) is 13.8 Å². The summed E-state index contributed by atoms with van der Waals surface area (Å²) in [7, 11) is 0. The highest BCUT2D eigenvalue weighted by Crippen LogP contribution is 2.30. The fraction of sp³-hybridized carbons (Fsp3) is 0.118. The molecule has 0 aliphatic heterocycles. The lowest BCUT2D eigenvalue weighted by molar-refractivity contribution is -0.384. The maximum Gasteiger partial charge on any atom is 0.322 e. The molecule has 0 amide bonds. The molecule has 27 heavy (non-hydrogen) atoms. The number of non-ortho nitro benzene ring substituents is 1. The van der Waals surface area contributed by atoms with E-state index in [-0.39, 0.29) is 17.6 Å². The van der Waals surface area contributed by atoms with Gasteiger partial charge in [-0.1, -0.05) is 41.9 Å². The molecule has 2 heterocycles. The SMILES string of the molecule is CC.O=[N+]([O-])c1ccc(-c2nnc(Nc3nc4ccc(Cl)cc4s3)o2)cc1. The molecule has 0 fully saturated rings. The van der Waals surface area contributed by atoms with Gasteiger partial charge in [0.2, 0.25) is 5.89 Å². The molecule has 0 saturated heterocycles. The van der Waals surface area contributed by atoms with Crippen LogP contribution in [-0.2, 0) is 0 Å². The van der Waals surface area contributed by atoms with Crippen molar-refractivity contribution in [3.63, 3.8) is 0 Å². The van der Waals surface area contributed by atoms with Crippen LogP contribution in [0.15, 0.2) is 46.9 Å². The first-order valence-electron chi connectivity index (χ1n) is 8.00. The van der Waals surface area contributed by atoms with Gasteiger partial charge in [0, 0.05) is 22.7 Å². The average molecular weight is 404 g/mol. The normalized spacial score (nSPS) is 10.3. The van der Waals surface area contributed by atoms with Gasteiger partial charge in [-0.15, -0.1) is 5.10 Å². The van der Waals surface area contributed by atoms with E-state index in [1.807, 2.05) is 26.0 Å². The summed E-state index contributed by atoms with van der Waals surface area (Å²) in [6.45, 7) is 4.00. The number of nitro benzene ring substituents is 1. The van der Waals surface area contributed by atoms with E-state index in [0.717, 1.165) is 10.2 Å². The number of nitro groups is 1. The van der Waals surface area contributed by atoms with Crippen LogP contribution in [0, 0.1) is 10.1 Å². The molecule has 0 radical (unpaired) electrons. The second-order valence-electron chi connectivity index (χ2n) is 4.97. The third-order valence-corrected chi connectivity index (χ3v) is 4.48. The van der Waals surface area contributed by atoms with Gasteiger partial charge in [0.25, 0.3) is 5.69 Å². The lowest BCUT2D eigenvalue weighted by Gasteiger charge is -1.95. The van der Waals surface area contributed by atoms with Gasteiger partial charge in [-0.3, -0.25) is 15.4 Å². The predicted molar refractivity (Wildman–Crippen MR) is 106 cm³/mol. The van der Waals surface area contributed by atoms with Gasteiger partial charge in [-0.05, 0) is 30.3 Å². The number of rotatable bonds is 4. The molecular weight excluding hydrogens is 390 g/mol. The first kappa shape index (κ1) is 18.7. The molecule has 2 aromatic carbocycles. The van der Waals surface area contributed by atoms with Crippen molar-refractivity contribution in [3.05, 3.63) is 57.6 Å². The zero-order valence-electron chi connectivity index (χ0n) is 14.3. The molecule has 2 aromatic heterocycles. The van der Waals surface area contributed by atoms with Crippen molar-refractivity contribution in [2.24, 2.45) is 0 Å². The van der Waals surface area contributed by atoms with Crippen LogP contribution in [0.5, 0.6) is 0 Å².